The minimum absolute atomic E-state index is 0.205. The van der Waals surface area contributed by atoms with E-state index in [4.69, 9.17) is 14.2 Å². The molecule has 1 aromatic heterocycles. The van der Waals surface area contributed by atoms with Crippen molar-refractivity contribution in [2.45, 2.75) is 31.7 Å². The van der Waals surface area contributed by atoms with Gasteiger partial charge in [-0.05, 0) is 71.2 Å². The fourth-order valence-corrected chi connectivity index (χ4v) is 6.67. The predicted octanol–water partition coefficient (Wildman–Crippen LogP) is 7.48. The zero-order valence-electron chi connectivity index (χ0n) is 26.3. The summed E-state index contributed by atoms with van der Waals surface area (Å²) >= 11 is 0. The summed E-state index contributed by atoms with van der Waals surface area (Å²) in [6, 6.07) is 30.4. The van der Waals surface area contributed by atoms with Gasteiger partial charge in [0.05, 0.1) is 40.8 Å². The number of benzene rings is 4. The predicted molar refractivity (Wildman–Crippen MR) is 178 cm³/mol. The largest absolute Gasteiger partial charge is 0.496 e. The van der Waals surface area contributed by atoms with E-state index in [0.717, 1.165) is 64.8 Å². The van der Waals surface area contributed by atoms with Crippen LogP contribution in [0.2, 0.25) is 0 Å². The van der Waals surface area contributed by atoms with Crippen LogP contribution in [0.1, 0.15) is 30.9 Å². The van der Waals surface area contributed by atoms with Crippen molar-refractivity contribution in [3.8, 4) is 50.8 Å². The Hall–Kier alpha value is -4.55. The number of hydrogen-bond acceptors (Lipinski definition) is 5. The highest BCUT2D eigenvalue weighted by molar-refractivity contribution is 5.96. The van der Waals surface area contributed by atoms with E-state index in [9.17, 15) is 5.11 Å². The quantitative estimate of drug-likeness (QED) is 0.135. The van der Waals surface area contributed by atoms with Crippen LogP contribution in [0.5, 0.6) is 17.2 Å². The number of nitrogens with zero attached hydrogens (tertiary/aromatic N) is 2. The molecule has 1 atom stereocenters. The average molecular weight is 590 g/mol. The zero-order chi connectivity index (χ0) is 30.8. The number of hydrogen-bond donors (Lipinski definition) is 1. The van der Waals surface area contributed by atoms with Crippen molar-refractivity contribution in [1.82, 2.24) is 0 Å². The van der Waals surface area contributed by atoms with Crippen molar-refractivity contribution in [2.24, 2.45) is 0 Å². The Kier molecular flexibility index (Phi) is 8.45. The lowest BCUT2D eigenvalue weighted by Crippen LogP contribution is -2.49. The van der Waals surface area contributed by atoms with E-state index < -0.39 is 0 Å². The molecule has 1 aliphatic rings. The number of anilines is 1. The van der Waals surface area contributed by atoms with Gasteiger partial charge in [0.1, 0.15) is 17.5 Å². The van der Waals surface area contributed by atoms with Crippen molar-refractivity contribution in [1.29, 1.82) is 0 Å². The molecule has 0 saturated carbocycles. The van der Waals surface area contributed by atoms with E-state index in [-0.39, 0.29) is 12.6 Å². The van der Waals surface area contributed by atoms with Gasteiger partial charge in [-0.25, -0.2) is 4.57 Å². The first-order valence-electron chi connectivity index (χ1n) is 15.3. The molecule has 44 heavy (non-hydrogen) atoms. The molecule has 0 aliphatic carbocycles. The van der Waals surface area contributed by atoms with Crippen LogP contribution in [0.3, 0.4) is 0 Å². The Balaban J connectivity index is 1.56. The number of aliphatic hydroxyl groups is 1. The molecule has 0 fully saturated rings. The van der Waals surface area contributed by atoms with Gasteiger partial charge in [0.2, 0.25) is 0 Å². The monoisotopic (exact) mass is 589 g/mol. The highest BCUT2D eigenvalue weighted by Gasteiger charge is 2.35. The molecule has 1 unspecified atom stereocenters. The molecule has 0 spiro atoms. The van der Waals surface area contributed by atoms with Gasteiger partial charge in [-0.15, -0.1) is 0 Å². The van der Waals surface area contributed by atoms with E-state index in [0.29, 0.717) is 11.5 Å². The molecular formula is C38H41N2O4+. The lowest BCUT2D eigenvalue weighted by atomic mass is 9.86. The molecular weight excluding hydrogens is 548 g/mol. The molecule has 0 radical (unpaired) electrons. The Morgan fingerprint density at radius 3 is 2.05 bits per heavy atom. The number of pyridine rings is 1. The first-order chi connectivity index (χ1) is 21.5. The molecule has 1 N–H and O–H groups in total. The van der Waals surface area contributed by atoms with E-state index in [1.165, 1.54) is 22.3 Å². The van der Waals surface area contributed by atoms with Gasteiger partial charge in [0.15, 0.2) is 11.5 Å². The van der Waals surface area contributed by atoms with Gasteiger partial charge in [-0.1, -0.05) is 54.6 Å². The lowest BCUT2D eigenvalue weighted by molar-refractivity contribution is -0.702. The summed E-state index contributed by atoms with van der Waals surface area (Å²) < 4.78 is 19.9. The number of rotatable bonds is 10. The van der Waals surface area contributed by atoms with Crippen molar-refractivity contribution >= 4 is 16.6 Å². The summed E-state index contributed by atoms with van der Waals surface area (Å²) in [5, 5.41) is 11.8. The minimum atomic E-state index is 0.205. The molecule has 4 aromatic carbocycles. The van der Waals surface area contributed by atoms with Crippen LogP contribution in [-0.4, -0.2) is 47.1 Å². The van der Waals surface area contributed by atoms with Crippen LogP contribution in [0.15, 0.2) is 84.9 Å². The molecule has 0 amide bonds. The Bertz CT molecular complexity index is 1780. The number of fused-ring (bicyclic) bond motifs is 4. The van der Waals surface area contributed by atoms with E-state index in [1.54, 1.807) is 21.3 Å². The standard InChI is InChI=1S/C38H41N2O4/c1-39(2)38-33-24-37(44-5)36(43-4)22-29(33)20-34-31-23-32(27-16-14-26(15-17-27)25-11-7-6-8-12-25)35(42-3)21-28(31)19-30(40(34)38)13-9-10-18-41/h6-8,11-12,14-17,20-24,30,41H,9-10,13,18-19H2,1-5H3/q+1. The lowest BCUT2D eigenvalue weighted by Gasteiger charge is -2.30. The van der Waals surface area contributed by atoms with Gasteiger partial charge in [-0.3, -0.25) is 4.90 Å². The average Bonchev–Trinajstić information content (AvgIpc) is 3.06. The maximum absolute atomic E-state index is 9.57. The zero-order valence-corrected chi connectivity index (χ0v) is 26.3. The minimum Gasteiger partial charge on any atom is -0.496 e. The van der Waals surface area contributed by atoms with Crippen molar-refractivity contribution in [3.63, 3.8) is 0 Å². The summed E-state index contributed by atoms with van der Waals surface area (Å²) in [4.78, 5) is 2.20. The van der Waals surface area contributed by atoms with Crippen LogP contribution < -0.4 is 23.7 Å². The fourth-order valence-electron chi connectivity index (χ4n) is 6.67. The summed E-state index contributed by atoms with van der Waals surface area (Å²) in [7, 11) is 9.32. The van der Waals surface area contributed by atoms with Crippen LogP contribution >= 0.6 is 0 Å². The maximum atomic E-state index is 9.57. The highest BCUT2D eigenvalue weighted by Crippen LogP contribution is 2.44. The summed E-state index contributed by atoms with van der Waals surface area (Å²) in [5.41, 5.74) is 8.19. The number of aromatic nitrogens is 1. The van der Waals surface area contributed by atoms with Gasteiger partial charge < -0.3 is 19.3 Å². The van der Waals surface area contributed by atoms with Crippen LogP contribution in [-0.2, 0) is 6.42 Å². The third-order valence-corrected chi connectivity index (χ3v) is 8.77. The second-order valence-corrected chi connectivity index (χ2v) is 11.6. The van der Waals surface area contributed by atoms with Crippen molar-refractivity contribution in [3.05, 3.63) is 90.5 Å². The molecule has 0 saturated heterocycles. The third kappa shape index (κ3) is 5.35. The number of aliphatic hydroxyl groups excluding tert-OH is 1. The number of ether oxygens (including phenoxy) is 3. The van der Waals surface area contributed by atoms with Crippen molar-refractivity contribution < 1.29 is 23.9 Å². The molecule has 2 heterocycles. The number of unbranched alkanes of at least 4 members (excludes halogenated alkanes) is 1. The van der Waals surface area contributed by atoms with E-state index in [1.807, 2.05) is 6.07 Å². The van der Waals surface area contributed by atoms with Gasteiger partial charge >= 0.3 is 0 Å². The molecule has 1 aliphatic heterocycles. The SMILES string of the molecule is COc1cc2cc3[n+](c(N(C)C)c2cc1OC)C(CCCCO)Cc1cc(OC)c(-c2ccc(-c4ccccc4)cc2)cc1-3. The summed E-state index contributed by atoms with van der Waals surface area (Å²) in [5.74, 6) is 3.42. The van der Waals surface area contributed by atoms with Crippen LogP contribution in [0.25, 0.3) is 44.3 Å². The highest BCUT2D eigenvalue weighted by atomic mass is 16.5. The second-order valence-electron chi connectivity index (χ2n) is 11.6. The first-order valence-corrected chi connectivity index (χ1v) is 15.3. The molecule has 5 aromatic rings. The normalized spacial score (nSPS) is 13.7. The van der Waals surface area contributed by atoms with Gasteiger partial charge in [0.25, 0.3) is 5.82 Å². The van der Waals surface area contributed by atoms with E-state index in [2.05, 4.69) is 102 Å². The Labute approximate surface area is 260 Å². The van der Waals surface area contributed by atoms with Crippen molar-refractivity contribution in [2.75, 3.05) is 46.9 Å². The summed E-state index contributed by atoms with van der Waals surface area (Å²) in [6.45, 7) is 0.205. The maximum Gasteiger partial charge on any atom is 0.284 e. The molecule has 6 nitrogen and oxygen atoms in total. The topological polar surface area (TPSA) is 55.0 Å². The third-order valence-electron chi connectivity index (χ3n) is 8.77. The van der Waals surface area contributed by atoms with Crippen LogP contribution in [0, 0.1) is 0 Å². The first kappa shape index (κ1) is 29.5. The van der Waals surface area contributed by atoms with Gasteiger partial charge in [0, 0.05) is 30.2 Å². The molecule has 226 valence electrons. The Morgan fingerprint density at radius 2 is 1.39 bits per heavy atom. The fraction of sp³-hybridized carbons (Fsp3) is 0.289. The summed E-state index contributed by atoms with van der Waals surface area (Å²) in [6.07, 6.45) is 3.57. The Morgan fingerprint density at radius 1 is 0.727 bits per heavy atom. The van der Waals surface area contributed by atoms with Gasteiger partial charge in [-0.2, -0.15) is 0 Å². The smallest absolute Gasteiger partial charge is 0.284 e. The molecule has 0 bridgehead atoms. The van der Waals surface area contributed by atoms with E-state index >= 15 is 0 Å². The molecule has 6 rings (SSSR count). The second kappa shape index (κ2) is 12.6. The van der Waals surface area contributed by atoms with Crippen LogP contribution in [0.4, 0.5) is 5.82 Å². The number of methoxy groups -OCH3 is 3. The molecule has 6 heteroatoms.